The first-order valence-corrected chi connectivity index (χ1v) is 10.4. The minimum absolute atomic E-state index is 0.112. The molecule has 8 nitrogen and oxygen atoms in total. The molecule has 0 radical (unpaired) electrons. The van der Waals surface area contributed by atoms with Gasteiger partial charge in [0.2, 0.25) is 5.91 Å². The van der Waals surface area contributed by atoms with Gasteiger partial charge in [-0.1, -0.05) is 0 Å². The van der Waals surface area contributed by atoms with Crippen LogP contribution in [0, 0.1) is 6.92 Å². The van der Waals surface area contributed by atoms with Crippen LogP contribution in [0.15, 0.2) is 18.3 Å². The van der Waals surface area contributed by atoms with Gasteiger partial charge in [-0.3, -0.25) is 14.5 Å². The van der Waals surface area contributed by atoms with E-state index in [4.69, 9.17) is 4.74 Å². The van der Waals surface area contributed by atoms with Gasteiger partial charge in [-0.25, -0.2) is 4.79 Å². The zero-order chi connectivity index (χ0) is 21.1. The SMILES string of the molecule is CCOC(=O)c1c(NC(=O)CN2CCn3cccc3C2C)sc(C(=O)NC)c1C. The number of ether oxygens (including phenoxy) is 1. The van der Waals surface area contributed by atoms with Gasteiger partial charge in [-0.2, -0.15) is 0 Å². The number of fused-ring (bicyclic) bond motifs is 1. The molecule has 0 saturated heterocycles. The molecular weight excluding hydrogens is 392 g/mol. The fourth-order valence-electron chi connectivity index (χ4n) is 3.57. The van der Waals surface area contributed by atoms with Crippen LogP contribution in [-0.4, -0.2) is 54.0 Å². The van der Waals surface area contributed by atoms with Crippen LogP contribution in [-0.2, 0) is 16.1 Å². The van der Waals surface area contributed by atoms with Crippen molar-refractivity contribution >= 4 is 34.1 Å². The molecule has 1 aliphatic heterocycles. The fraction of sp³-hybridized carbons (Fsp3) is 0.450. The van der Waals surface area contributed by atoms with Crippen molar-refractivity contribution in [3.8, 4) is 0 Å². The maximum absolute atomic E-state index is 12.8. The van der Waals surface area contributed by atoms with Gasteiger partial charge >= 0.3 is 5.97 Å². The van der Waals surface area contributed by atoms with E-state index in [2.05, 4.69) is 33.1 Å². The summed E-state index contributed by atoms with van der Waals surface area (Å²) in [5.74, 6) is -1.08. The molecule has 0 fully saturated rings. The topological polar surface area (TPSA) is 92.7 Å². The van der Waals surface area contributed by atoms with Gasteiger partial charge in [0, 0.05) is 38.1 Å². The maximum Gasteiger partial charge on any atom is 0.341 e. The molecule has 1 aliphatic rings. The number of rotatable bonds is 6. The average Bonchev–Trinajstić information content (AvgIpc) is 3.28. The Morgan fingerprint density at radius 2 is 2.07 bits per heavy atom. The number of anilines is 1. The van der Waals surface area contributed by atoms with E-state index in [0.717, 1.165) is 24.4 Å². The molecule has 2 N–H and O–H groups in total. The van der Waals surface area contributed by atoms with Gasteiger partial charge in [0.05, 0.1) is 23.6 Å². The predicted molar refractivity (Wildman–Crippen MR) is 111 cm³/mol. The smallest absolute Gasteiger partial charge is 0.341 e. The predicted octanol–water partition coefficient (Wildman–Crippen LogP) is 2.41. The van der Waals surface area contributed by atoms with Gasteiger partial charge in [-0.15, -0.1) is 11.3 Å². The highest BCUT2D eigenvalue weighted by atomic mass is 32.1. The minimum atomic E-state index is -0.545. The van der Waals surface area contributed by atoms with Crippen molar-refractivity contribution in [1.29, 1.82) is 0 Å². The molecule has 1 unspecified atom stereocenters. The standard InChI is InChI=1S/C20H26N4O4S/c1-5-28-20(27)16-12(2)17(18(26)21-4)29-19(16)22-15(25)11-24-10-9-23-8-6-7-14(23)13(24)3/h6-8,13H,5,9-11H2,1-4H3,(H,21,26)(H,22,25). The summed E-state index contributed by atoms with van der Waals surface area (Å²) in [5, 5.41) is 5.73. The Morgan fingerprint density at radius 1 is 1.31 bits per heavy atom. The molecule has 9 heteroatoms. The lowest BCUT2D eigenvalue weighted by atomic mass is 10.1. The van der Waals surface area contributed by atoms with Crippen molar-refractivity contribution in [3.05, 3.63) is 40.0 Å². The molecule has 156 valence electrons. The van der Waals surface area contributed by atoms with Crippen LogP contribution in [0.3, 0.4) is 0 Å². The van der Waals surface area contributed by atoms with Crippen molar-refractivity contribution in [2.24, 2.45) is 0 Å². The molecule has 0 aliphatic carbocycles. The van der Waals surface area contributed by atoms with E-state index in [1.54, 1.807) is 13.8 Å². The number of aromatic nitrogens is 1. The summed E-state index contributed by atoms with van der Waals surface area (Å²) >= 11 is 1.09. The number of nitrogens with zero attached hydrogens (tertiary/aromatic N) is 2. The largest absolute Gasteiger partial charge is 0.462 e. The highest BCUT2D eigenvalue weighted by Crippen LogP contribution is 2.34. The van der Waals surface area contributed by atoms with Crippen molar-refractivity contribution in [2.75, 3.05) is 32.1 Å². The summed E-state index contributed by atoms with van der Waals surface area (Å²) in [6.07, 6.45) is 2.05. The third kappa shape index (κ3) is 4.20. The molecule has 3 rings (SSSR count). The van der Waals surface area contributed by atoms with Crippen molar-refractivity contribution in [3.63, 3.8) is 0 Å². The van der Waals surface area contributed by atoms with Crippen LogP contribution in [0.25, 0.3) is 0 Å². The van der Waals surface area contributed by atoms with Crippen molar-refractivity contribution in [2.45, 2.75) is 33.4 Å². The lowest BCUT2D eigenvalue weighted by Crippen LogP contribution is -2.41. The highest BCUT2D eigenvalue weighted by Gasteiger charge is 2.28. The molecule has 3 heterocycles. The van der Waals surface area contributed by atoms with E-state index in [1.165, 1.54) is 12.7 Å². The van der Waals surface area contributed by atoms with Gasteiger partial charge < -0.3 is 19.9 Å². The first-order chi connectivity index (χ1) is 13.9. The number of carbonyl (C=O) groups is 3. The number of thiophene rings is 1. The number of nitrogens with one attached hydrogen (secondary N) is 2. The minimum Gasteiger partial charge on any atom is -0.462 e. The normalized spacial score (nSPS) is 16.2. The van der Waals surface area contributed by atoms with E-state index in [0.29, 0.717) is 15.4 Å². The van der Waals surface area contributed by atoms with Crippen molar-refractivity contribution in [1.82, 2.24) is 14.8 Å². The number of esters is 1. The van der Waals surface area contributed by atoms with Crippen molar-refractivity contribution < 1.29 is 19.1 Å². The Hall–Kier alpha value is -2.65. The van der Waals surface area contributed by atoms with Crippen LogP contribution in [0.5, 0.6) is 0 Å². The Labute approximate surface area is 173 Å². The van der Waals surface area contributed by atoms with Gasteiger partial charge in [-0.05, 0) is 38.5 Å². The number of carbonyl (C=O) groups excluding carboxylic acids is 3. The molecule has 29 heavy (non-hydrogen) atoms. The summed E-state index contributed by atoms with van der Waals surface area (Å²) in [7, 11) is 1.53. The summed E-state index contributed by atoms with van der Waals surface area (Å²) in [4.78, 5) is 39.8. The van der Waals surface area contributed by atoms with Gasteiger partial charge in [0.25, 0.3) is 5.91 Å². The zero-order valence-corrected chi connectivity index (χ0v) is 17.9. The van der Waals surface area contributed by atoms with Crippen LogP contribution in [0.1, 0.15) is 51.2 Å². The third-order valence-electron chi connectivity index (χ3n) is 5.13. The Balaban J connectivity index is 1.79. The van der Waals surface area contributed by atoms with Crippen LogP contribution in [0.2, 0.25) is 0 Å². The second-order valence-electron chi connectivity index (χ2n) is 6.88. The summed E-state index contributed by atoms with van der Waals surface area (Å²) in [6, 6.07) is 4.18. The number of hydrogen-bond acceptors (Lipinski definition) is 6. The molecular formula is C20H26N4O4S. The molecule has 2 amide bonds. The second-order valence-corrected chi connectivity index (χ2v) is 7.90. The average molecular weight is 419 g/mol. The fourth-order valence-corrected chi connectivity index (χ4v) is 4.73. The van der Waals surface area contributed by atoms with Gasteiger partial charge in [0.1, 0.15) is 5.00 Å². The molecule has 2 aromatic rings. The first kappa shape index (κ1) is 21.1. The Bertz CT molecular complexity index is 933. The monoisotopic (exact) mass is 418 g/mol. The van der Waals surface area contributed by atoms with E-state index < -0.39 is 5.97 Å². The van der Waals surface area contributed by atoms with Gasteiger partial charge in [0.15, 0.2) is 0 Å². The van der Waals surface area contributed by atoms with E-state index in [1.807, 2.05) is 12.3 Å². The third-order valence-corrected chi connectivity index (χ3v) is 6.33. The zero-order valence-electron chi connectivity index (χ0n) is 17.1. The maximum atomic E-state index is 12.8. The molecule has 0 aromatic carbocycles. The quantitative estimate of drug-likeness (QED) is 0.703. The van der Waals surface area contributed by atoms with E-state index in [9.17, 15) is 14.4 Å². The molecule has 1 atom stereocenters. The molecule has 0 bridgehead atoms. The first-order valence-electron chi connectivity index (χ1n) is 9.58. The van der Waals surface area contributed by atoms with E-state index in [-0.39, 0.29) is 36.6 Å². The Kier molecular flexibility index (Phi) is 6.39. The summed E-state index contributed by atoms with van der Waals surface area (Å²) in [5.41, 5.74) is 1.92. The summed E-state index contributed by atoms with van der Waals surface area (Å²) in [6.45, 7) is 7.46. The van der Waals surface area contributed by atoms with Crippen LogP contribution >= 0.6 is 11.3 Å². The van der Waals surface area contributed by atoms with Crippen LogP contribution in [0.4, 0.5) is 5.00 Å². The lowest BCUT2D eigenvalue weighted by molar-refractivity contribution is -0.118. The second kappa shape index (κ2) is 8.79. The number of amides is 2. The number of hydrogen-bond donors (Lipinski definition) is 2. The lowest BCUT2D eigenvalue weighted by Gasteiger charge is -2.34. The van der Waals surface area contributed by atoms with Crippen LogP contribution < -0.4 is 10.6 Å². The molecule has 0 saturated carbocycles. The summed E-state index contributed by atoms with van der Waals surface area (Å²) < 4.78 is 7.32. The highest BCUT2D eigenvalue weighted by molar-refractivity contribution is 7.18. The Morgan fingerprint density at radius 3 is 2.76 bits per heavy atom. The molecule has 2 aromatic heterocycles. The van der Waals surface area contributed by atoms with E-state index >= 15 is 0 Å². The molecule has 0 spiro atoms.